The van der Waals surface area contributed by atoms with Gasteiger partial charge in [-0.25, -0.2) is 4.98 Å². The van der Waals surface area contributed by atoms with Crippen LogP contribution >= 0.6 is 0 Å². The first-order chi connectivity index (χ1) is 14.8. The zero-order valence-electron chi connectivity index (χ0n) is 18.8. The number of hydrogen-bond donors (Lipinski definition) is 2. The molecule has 1 aromatic heterocycles. The minimum absolute atomic E-state index is 0.00321. The maximum absolute atomic E-state index is 13.3. The lowest BCUT2D eigenvalue weighted by Crippen LogP contribution is -2.59. The van der Waals surface area contributed by atoms with Crippen molar-refractivity contribution in [2.24, 2.45) is 34.5 Å². The summed E-state index contributed by atoms with van der Waals surface area (Å²) in [5, 5.41) is 3.02. The lowest BCUT2D eigenvalue weighted by atomic mass is 9.47. The average Bonchev–Trinajstić information content (AvgIpc) is 3.10. The SMILES string of the molecule is CN1C(=O)C=C[C@]2(C)[C@H]3CC[C@]4(C)[C@@H](C(=O)Nc5ncccc5N)CC[C@H]4[C@@H]3CC[C@@H]12. The van der Waals surface area contributed by atoms with E-state index >= 15 is 0 Å². The summed E-state index contributed by atoms with van der Waals surface area (Å²) in [5.74, 6) is 2.41. The molecule has 4 aliphatic rings. The Kier molecular flexibility index (Phi) is 4.68. The second kappa shape index (κ2) is 7.07. The number of carbonyl (C=O) groups is 2. The number of nitrogens with zero attached hydrogens (tertiary/aromatic N) is 2. The third kappa shape index (κ3) is 2.94. The molecule has 0 spiro atoms. The van der Waals surface area contributed by atoms with Crippen LogP contribution in [0.15, 0.2) is 30.5 Å². The molecule has 1 aromatic rings. The van der Waals surface area contributed by atoms with Crippen LogP contribution in [0.5, 0.6) is 0 Å². The van der Waals surface area contributed by atoms with Gasteiger partial charge in [0.1, 0.15) is 0 Å². The molecule has 2 heterocycles. The number of rotatable bonds is 2. The van der Waals surface area contributed by atoms with Gasteiger partial charge in [0, 0.05) is 30.6 Å². The first-order valence-electron chi connectivity index (χ1n) is 11.7. The summed E-state index contributed by atoms with van der Waals surface area (Å²) < 4.78 is 0. The van der Waals surface area contributed by atoms with Crippen molar-refractivity contribution >= 4 is 23.3 Å². The Balaban J connectivity index is 1.38. The molecule has 0 unspecified atom stereocenters. The molecule has 0 aromatic carbocycles. The molecule has 1 aliphatic heterocycles. The monoisotopic (exact) mass is 422 g/mol. The van der Waals surface area contributed by atoms with E-state index in [-0.39, 0.29) is 28.6 Å². The average molecular weight is 423 g/mol. The smallest absolute Gasteiger partial charge is 0.246 e. The van der Waals surface area contributed by atoms with Crippen molar-refractivity contribution in [3.63, 3.8) is 0 Å². The van der Waals surface area contributed by atoms with Crippen LogP contribution in [0.2, 0.25) is 0 Å². The molecule has 2 amide bonds. The lowest BCUT2D eigenvalue weighted by Gasteiger charge is -2.60. The molecule has 166 valence electrons. The topological polar surface area (TPSA) is 88.3 Å². The van der Waals surface area contributed by atoms with Crippen molar-refractivity contribution in [3.05, 3.63) is 30.5 Å². The molecule has 5 rings (SSSR count). The fourth-order valence-electron chi connectivity index (χ4n) is 7.90. The van der Waals surface area contributed by atoms with Gasteiger partial charge in [0.2, 0.25) is 11.8 Å². The second-order valence-corrected chi connectivity index (χ2v) is 10.7. The van der Waals surface area contributed by atoms with Crippen LogP contribution in [0.3, 0.4) is 0 Å². The first-order valence-corrected chi connectivity index (χ1v) is 11.7. The Morgan fingerprint density at radius 3 is 2.77 bits per heavy atom. The predicted molar refractivity (Wildman–Crippen MR) is 121 cm³/mol. The highest BCUT2D eigenvalue weighted by molar-refractivity contribution is 5.94. The van der Waals surface area contributed by atoms with Gasteiger partial charge < -0.3 is 16.0 Å². The van der Waals surface area contributed by atoms with E-state index in [2.05, 4.69) is 30.2 Å². The zero-order chi connectivity index (χ0) is 22.0. The molecule has 0 saturated heterocycles. The number of aromatic nitrogens is 1. The minimum atomic E-state index is -0.00321. The molecule has 3 fully saturated rings. The van der Waals surface area contributed by atoms with E-state index in [1.807, 2.05) is 11.9 Å². The van der Waals surface area contributed by atoms with Crippen molar-refractivity contribution in [2.45, 2.75) is 58.4 Å². The van der Waals surface area contributed by atoms with Gasteiger partial charge in [-0.15, -0.1) is 0 Å². The van der Waals surface area contributed by atoms with E-state index in [0.29, 0.717) is 35.3 Å². The quantitative estimate of drug-likeness (QED) is 0.757. The molecule has 0 bridgehead atoms. The van der Waals surface area contributed by atoms with Gasteiger partial charge in [-0.3, -0.25) is 9.59 Å². The highest BCUT2D eigenvalue weighted by Gasteiger charge is 2.61. The molecule has 6 nitrogen and oxygen atoms in total. The van der Waals surface area contributed by atoms with E-state index in [9.17, 15) is 9.59 Å². The maximum atomic E-state index is 13.3. The Morgan fingerprint density at radius 1 is 1.19 bits per heavy atom. The van der Waals surface area contributed by atoms with Crippen molar-refractivity contribution in [1.29, 1.82) is 0 Å². The Hall–Kier alpha value is -2.37. The number of likely N-dealkylation sites (N-methyl/N-ethyl adjacent to an activating group) is 1. The largest absolute Gasteiger partial charge is 0.396 e. The van der Waals surface area contributed by atoms with Crippen LogP contribution in [-0.4, -0.2) is 34.8 Å². The maximum Gasteiger partial charge on any atom is 0.246 e. The number of nitrogen functional groups attached to an aromatic ring is 1. The molecular formula is C25H34N4O2. The third-order valence-electron chi connectivity index (χ3n) is 9.52. The van der Waals surface area contributed by atoms with Crippen molar-refractivity contribution in [2.75, 3.05) is 18.1 Å². The Morgan fingerprint density at radius 2 is 2.00 bits per heavy atom. The number of fused-ring (bicyclic) bond motifs is 5. The summed E-state index contributed by atoms with van der Waals surface area (Å²) in [5.41, 5.74) is 6.56. The normalized spacial score (nSPS) is 41.3. The molecule has 6 heteroatoms. The molecule has 3 saturated carbocycles. The van der Waals surface area contributed by atoms with E-state index in [4.69, 9.17) is 5.73 Å². The van der Waals surface area contributed by atoms with Gasteiger partial charge in [-0.05, 0) is 79.9 Å². The third-order valence-corrected chi connectivity index (χ3v) is 9.52. The summed E-state index contributed by atoms with van der Waals surface area (Å²) >= 11 is 0. The Labute approximate surface area is 184 Å². The molecule has 3 N–H and O–H groups in total. The van der Waals surface area contributed by atoms with Crippen molar-refractivity contribution in [3.8, 4) is 0 Å². The molecule has 7 atom stereocenters. The molecule has 3 aliphatic carbocycles. The minimum Gasteiger partial charge on any atom is -0.396 e. The molecular weight excluding hydrogens is 388 g/mol. The standard InChI is InChI=1S/C25H34N4O2/c1-24-12-10-17-15(6-9-20-25(17,2)13-11-21(30)29(20)3)16(24)7-8-18(24)23(31)28-22-19(26)5-4-14-27-22/h4-5,11,13-18,20H,6-10,12,26H2,1-3H3,(H,27,28,31)/t15-,16-,17-,18+,20+,24-,25+/m0/s1. The van der Waals surface area contributed by atoms with Gasteiger partial charge in [0.05, 0.1) is 5.69 Å². The van der Waals surface area contributed by atoms with E-state index in [1.54, 1.807) is 24.4 Å². The Bertz CT molecular complexity index is 945. The molecule has 0 radical (unpaired) electrons. The van der Waals surface area contributed by atoms with Gasteiger partial charge >= 0.3 is 0 Å². The number of nitrogens with two attached hydrogens (primary N) is 1. The fraction of sp³-hybridized carbons (Fsp3) is 0.640. The highest BCUT2D eigenvalue weighted by atomic mass is 16.2. The predicted octanol–water partition coefficient (Wildman–Crippen LogP) is 3.86. The number of pyridine rings is 1. The van der Waals surface area contributed by atoms with Gasteiger partial charge in [-0.1, -0.05) is 19.9 Å². The van der Waals surface area contributed by atoms with Crippen molar-refractivity contribution in [1.82, 2.24) is 9.88 Å². The summed E-state index contributed by atoms with van der Waals surface area (Å²) in [7, 11) is 1.96. The number of amides is 2. The number of nitrogens with one attached hydrogen (secondary N) is 1. The van der Waals surface area contributed by atoms with Crippen LogP contribution in [0.25, 0.3) is 0 Å². The van der Waals surface area contributed by atoms with Crippen molar-refractivity contribution < 1.29 is 9.59 Å². The number of carbonyl (C=O) groups excluding carboxylic acids is 2. The summed E-state index contributed by atoms with van der Waals surface area (Å²) in [6.45, 7) is 4.70. The van der Waals surface area contributed by atoms with Crippen LogP contribution in [-0.2, 0) is 9.59 Å². The highest BCUT2D eigenvalue weighted by Crippen LogP contribution is 2.65. The first kappa shape index (κ1) is 20.5. The summed E-state index contributed by atoms with van der Waals surface area (Å²) in [4.78, 5) is 31.8. The van der Waals surface area contributed by atoms with Crippen LogP contribution in [0.4, 0.5) is 11.5 Å². The van der Waals surface area contributed by atoms with Gasteiger partial charge in [-0.2, -0.15) is 0 Å². The fourth-order valence-corrected chi connectivity index (χ4v) is 7.90. The van der Waals surface area contributed by atoms with E-state index in [0.717, 1.165) is 38.5 Å². The molecule has 31 heavy (non-hydrogen) atoms. The number of anilines is 2. The van der Waals surface area contributed by atoms with Gasteiger partial charge in [0.15, 0.2) is 5.82 Å². The lowest BCUT2D eigenvalue weighted by molar-refractivity contribution is -0.141. The van der Waals surface area contributed by atoms with E-state index in [1.165, 1.54) is 0 Å². The van der Waals surface area contributed by atoms with Crippen LogP contribution in [0.1, 0.15) is 52.4 Å². The summed E-state index contributed by atoms with van der Waals surface area (Å²) in [6, 6.07) is 3.84. The number of hydrogen-bond acceptors (Lipinski definition) is 4. The van der Waals surface area contributed by atoms with Crippen LogP contribution < -0.4 is 11.1 Å². The summed E-state index contributed by atoms with van der Waals surface area (Å²) in [6.07, 6.45) is 12.1. The second-order valence-electron chi connectivity index (χ2n) is 10.7. The zero-order valence-corrected chi connectivity index (χ0v) is 18.8. The van der Waals surface area contributed by atoms with E-state index < -0.39 is 0 Å². The van der Waals surface area contributed by atoms with Gasteiger partial charge in [0.25, 0.3) is 0 Å². The van der Waals surface area contributed by atoms with Crippen LogP contribution in [0, 0.1) is 34.5 Å².